The number of nitrogens with two attached hydrogens (primary N) is 1. The maximum atomic E-state index is 9.04. The van der Waals surface area contributed by atoms with E-state index in [0.29, 0.717) is 17.5 Å². The van der Waals surface area contributed by atoms with Crippen molar-refractivity contribution in [1.29, 1.82) is 5.26 Å². The lowest BCUT2D eigenvalue weighted by Gasteiger charge is -2.39. The molecule has 0 spiro atoms. The van der Waals surface area contributed by atoms with Crippen LogP contribution in [0.2, 0.25) is 0 Å². The summed E-state index contributed by atoms with van der Waals surface area (Å²) in [6.45, 7) is 3.96. The average Bonchev–Trinajstić information content (AvgIpc) is 2.38. The van der Waals surface area contributed by atoms with Gasteiger partial charge in [0, 0.05) is 22.7 Å². The average molecular weight is 308 g/mol. The van der Waals surface area contributed by atoms with Gasteiger partial charge in [0.05, 0.1) is 11.6 Å². The van der Waals surface area contributed by atoms with E-state index < -0.39 is 0 Å². The number of halogens is 1. The molecule has 2 rings (SSSR count). The van der Waals surface area contributed by atoms with Crippen LogP contribution in [0.5, 0.6) is 0 Å². The van der Waals surface area contributed by atoms with Crippen molar-refractivity contribution in [2.24, 2.45) is 11.7 Å². The number of anilines is 1. The number of hydrogen-bond donors (Lipinski definition) is 1. The first-order valence-corrected chi connectivity index (χ1v) is 7.10. The Labute approximate surface area is 117 Å². The molecule has 1 aromatic rings. The number of benzene rings is 1. The summed E-state index contributed by atoms with van der Waals surface area (Å²) in [7, 11) is 0. The van der Waals surface area contributed by atoms with Crippen LogP contribution in [-0.2, 0) is 0 Å². The third-order valence-corrected chi connectivity index (χ3v) is 4.11. The van der Waals surface area contributed by atoms with Gasteiger partial charge in [-0.2, -0.15) is 5.26 Å². The smallest absolute Gasteiger partial charge is 0.0992 e. The van der Waals surface area contributed by atoms with Crippen molar-refractivity contribution in [3.63, 3.8) is 0 Å². The molecule has 1 aromatic carbocycles. The van der Waals surface area contributed by atoms with Crippen molar-refractivity contribution >= 4 is 21.6 Å². The van der Waals surface area contributed by atoms with Gasteiger partial charge in [-0.3, -0.25) is 0 Å². The zero-order chi connectivity index (χ0) is 13.1. The second kappa shape index (κ2) is 5.73. The van der Waals surface area contributed by atoms with Crippen LogP contribution in [0.3, 0.4) is 0 Å². The summed E-state index contributed by atoms with van der Waals surface area (Å²) in [6, 6.07) is 8.60. The van der Waals surface area contributed by atoms with Crippen LogP contribution in [0.25, 0.3) is 0 Å². The highest BCUT2D eigenvalue weighted by Gasteiger charge is 2.25. The fourth-order valence-electron chi connectivity index (χ4n) is 2.54. The van der Waals surface area contributed by atoms with E-state index in [9.17, 15) is 0 Å². The maximum Gasteiger partial charge on any atom is 0.0992 e. The molecule has 1 fully saturated rings. The quantitative estimate of drug-likeness (QED) is 0.914. The van der Waals surface area contributed by atoms with Crippen LogP contribution in [0.15, 0.2) is 22.7 Å². The predicted molar refractivity (Wildman–Crippen MR) is 77.4 cm³/mol. The van der Waals surface area contributed by atoms with Gasteiger partial charge in [-0.15, -0.1) is 0 Å². The zero-order valence-electron chi connectivity index (χ0n) is 10.6. The Bertz CT molecular complexity index is 467. The topological polar surface area (TPSA) is 53.0 Å². The Morgan fingerprint density at radius 3 is 2.89 bits per heavy atom. The molecule has 3 nitrogen and oxygen atoms in total. The van der Waals surface area contributed by atoms with Gasteiger partial charge < -0.3 is 10.6 Å². The highest BCUT2D eigenvalue weighted by Crippen LogP contribution is 2.30. The third-order valence-electron chi connectivity index (χ3n) is 3.66. The molecular weight excluding hydrogens is 290 g/mol. The molecule has 1 aliphatic rings. The Morgan fingerprint density at radius 2 is 2.22 bits per heavy atom. The standard InChI is InChI=1S/C14H18BrN3/c1-10-2-3-11(7-16)9-18(10)14-5-12(8-17)4-13(15)6-14/h4-6,10-11H,2-3,7,9,16H2,1H3. The number of nitrogens with zero attached hydrogens (tertiary/aromatic N) is 2. The summed E-state index contributed by atoms with van der Waals surface area (Å²) < 4.78 is 0.957. The molecule has 1 heterocycles. The van der Waals surface area contributed by atoms with Gasteiger partial charge >= 0.3 is 0 Å². The Morgan fingerprint density at radius 1 is 1.44 bits per heavy atom. The van der Waals surface area contributed by atoms with Gasteiger partial charge in [0.15, 0.2) is 0 Å². The number of hydrogen-bond acceptors (Lipinski definition) is 3. The first kappa shape index (κ1) is 13.4. The predicted octanol–water partition coefficient (Wildman–Crippen LogP) is 2.88. The van der Waals surface area contributed by atoms with E-state index in [1.807, 2.05) is 12.1 Å². The van der Waals surface area contributed by atoms with Gasteiger partial charge in [-0.05, 0) is 50.4 Å². The molecule has 4 heteroatoms. The molecule has 0 amide bonds. The fourth-order valence-corrected chi connectivity index (χ4v) is 3.02. The molecule has 18 heavy (non-hydrogen) atoms. The van der Waals surface area contributed by atoms with Crippen molar-refractivity contribution in [3.05, 3.63) is 28.2 Å². The van der Waals surface area contributed by atoms with Crippen LogP contribution < -0.4 is 10.6 Å². The minimum atomic E-state index is 0.508. The highest BCUT2D eigenvalue weighted by molar-refractivity contribution is 9.10. The summed E-state index contributed by atoms with van der Waals surface area (Å²) in [4.78, 5) is 2.37. The highest BCUT2D eigenvalue weighted by atomic mass is 79.9. The molecule has 0 radical (unpaired) electrons. The zero-order valence-corrected chi connectivity index (χ0v) is 12.2. The van der Waals surface area contributed by atoms with Gasteiger partial charge in [-0.25, -0.2) is 0 Å². The molecule has 96 valence electrons. The Kier molecular flexibility index (Phi) is 4.26. The molecular formula is C14H18BrN3. The van der Waals surface area contributed by atoms with E-state index in [0.717, 1.165) is 29.7 Å². The monoisotopic (exact) mass is 307 g/mol. The SMILES string of the molecule is CC1CCC(CN)CN1c1cc(Br)cc(C#N)c1. The van der Waals surface area contributed by atoms with Gasteiger partial charge in [0.2, 0.25) is 0 Å². The van der Waals surface area contributed by atoms with Crippen LogP contribution in [0, 0.1) is 17.2 Å². The molecule has 1 saturated heterocycles. The summed E-state index contributed by atoms with van der Waals surface area (Å²) in [5.41, 5.74) is 7.60. The van der Waals surface area contributed by atoms with Crippen LogP contribution in [0.4, 0.5) is 5.69 Å². The van der Waals surface area contributed by atoms with E-state index >= 15 is 0 Å². The molecule has 2 unspecified atom stereocenters. The first-order valence-electron chi connectivity index (χ1n) is 6.31. The van der Waals surface area contributed by atoms with Crippen molar-refractivity contribution in [3.8, 4) is 6.07 Å². The molecule has 0 aliphatic carbocycles. The Balaban J connectivity index is 2.29. The van der Waals surface area contributed by atoms with Gasteiger partial charge in [-0.1, -0.05) is 15.9 Å². The van der Waals surface area contributed by atoms with E-state index in [4.69, 9.17) is 11.0 Å². The second-order valence-corrected chi connectivity index (χ2v) is 5.91. The summed E-state index contributed by atoms with van der Waals surface area (Å²) in [5.74, 6) is 0.561. The van der Waals surface area contributed by atoms with E-state index in [1.54, 1.807) is 0 Å². The van der Waals surface area contributed by atoms with Crippen LogP contribution >= 0.6 is 15.9 Å². The van der Waals surface area contributed by atoms with E-state index in [2.05, 4.69) is 39.9 Å². The molecule has 0 aromatic heterocycles. The van der Waals surface area contributed by atoms with Crippen LogP contribution in [0.1, 0.15) is 25.3 Å². The molecule has 2 atom stereocenters. The van der Waals surface area contributed by atoms with Crippen molar-refractivity contribution in [2.45, 2.75) is 25.8 Å². The number of rotatable bonds is 2. The van der Waals surface area contributed by atoms with Gasteiger partial charge in [0.1, 0.15) is 0 Å². The van der Waals surface area contributed by atoms with Crippen LogP contribution in [-0.4, -0.2) is 19.1 Å². The first-order chi connectivity index (χ1) is 8.63. The molecule has 0 bridgehead atoms. The number of nitriles is 1. The second-order valence-electron chi connectivity index (χ2n) is 4.99. The largest absolute Gasteiger partial charge is 0.368 e. The normalized spacial score (nSPS) is 23.8. The van der Waals surface area contributed by atoms with Crippen molar-refractivity contribution in [2.75, 3.05) is 18.0 Å². The summed E-state index contributed by atoms with van der Waals surface area (Å²) >= 11 is 3.47. The molecule has 1 aliphatic heterocycles. The summed E-state index contributed by atoms with van der Waals surface area (Å²) in [6.07, 6.45) is 2.36. The Hall–Kier alpha value is -1.05. The lowest BCUT2D eigenvalue weighted by molar-refractivity contribution is 0.374. The third kappa shape index (κ3) is 2.85. The maximum absolute atomic E-state index is 9.04. The van der Waals surface area contributed by atoms with Crippen molar-refractivity contribution in [1.82, 2.24) is 0 Å². The minimum Gasteiger partial charge on any atom is -0.368 e. The molecule has 0 saturated carbocycles. The van der Waals surface area contributed by atoms with E-state index in [-0.39, 0.29) is 0 Å². The fraction of sp³-hybridized carbons (Fsp3) is 0.500. The molecule has 2 N–H and O–H groups in total. The lowest BCUT2D eigenvalue weighted by Crippen LogP contribution is -2.44. The van der Waals surface area contributed by atoms with E-state index in [1.165, 1.54) is 6.42 Å². The number of piperidine rings is 1. The lowest BCUT2D eigenvalue weighted by atomic mass is 9.93. The van der Waals surface area contributed by atoms with Crippen molar-refractivity contribution < 1.29 is 0 Å². The van der Waals surface area contributed by atoms with Gasteiger partial charge in [0.25, 0.3) is 0 Å². The summed E-state index contributed by atoms with van der Waals surface area (Å²) in [5, 5.41) is 9.04. The minimum absolute atomic E-state index is 0.508.